The van der Waals surface area contributed by atoms with E-state index in [-0.39, 0.29) is 17.7 Å². The Hall–Kier alpha value is -1.36. The number of amides is 1. The van der Waals surface area contributed by atoms with E-state index in [1.165, 1.54) is 6.92 Å². The van der Waals surface area contributed by atoms with Crippen molar-refractivity contribution in [3.8, 4) is 0 Å². The summed E-state index contributed by atoms with van der Waals surface area (Å²) < 4.78 is 24.7. The molecule has 1 aliphatic rings. The molecule has 0 saturated heterocycles. The van der Waals surface area contributed by atoms with Gasteiger partial charge in [0.15, 0.2) is 9.84 Å². The Labute approximate surface area is 120 Å². The van der Waals surface area contributed by atoms with Crippen LogP contribution in [0.2, 0.25) is 0 Å². The van der Waals surface area contributed by atoms with Gasteiger partial charge >= 0.3 is 0 Å². The molecule has 2 rings (SSSR count). The largest absolute Gasteiger partial charge is 0.352 e. The van der Waals surface area contributed by atoms with Gasteiger partial charge in [-0.2, -0.15) is 0 Å². The molecule has 1 N–H and O–H groups in total. The molecular weight excluding hydrogens is 274 g/mol. The maximum absolute atomic E-state index is 12.3. The average Bonchev–Trinajstić information content (AvgIpc) is 3.16. The highest BCUT2D eigenvalue weighted by molar-refractivity contribution is 7.92. The molecular formula is C15H21NO3S. The second-order valence-electron chi connectivity index (χ2n) is 5.66. The number of carbonyl (C=O) groups excluding carboxylic acids is 1. The van der Waals surface area contributed by atoms with Crippen molar-refractivity contribution in [3.63, 3.8) is 0 Å². The molecule has 1 atom stereocenters. The van der Waals surface area contributed by atoms with E-state index in [0.717, 1.165) is 29.5 Å². The van der Waals surface area contributed by atoms with Crippen LogP contribution in [0.25, 0.3) is 0 Å². The standard InChI is InChI=1S/C15H21NO3S/c1-10-4-5-11(2)13(8-10)9-20(18,19)12(3)15(17)16-14-6-7-14/h4-5,8,12,14H,6-7,9H2,1-3H3,(H,16,17)/t12-/m0/s1. The first-order chi connectivity index (χ1) is 9.29. The van der Waals surface area contributed by atoms with E-state index in [0.29, 0.717) is 0 Å². The monoisotopic (exact) mass is 295 g/mol. The van der Waals surface area contributed by atoms with Gasteiger partial charge in [0.05, 0.1) is 5.75 Å². The summed E-state index contributed by atoms with van der Waals surface area (Å²) in [6.07, 6.45) is 1.91. The van der Waals surface area contributed by atoms with Gasteiger partial charge < -0.3 is 5.32 Å². The molecule has 1 aliphatic carbocycles. The van der Waals surface area contributed by atoms with Crippen LogP contribution in [0.15, 0.2) is 18.2 Å². The first-order valence-corrected chi connectivity index (χ1v) is 8.59. The van der Waals surface area contributed by atoms with Crippen molar-refractivity contribution in [2.24, 2.45) is 0 Å². The molecule has 0 unspecified atom stereocenters. The first-order valence-electron chi connectivity index (χ1n) is 6.87. The average molecular weight is 295 g/mol. The highest BCUT2D eigenvalue weighted by Gasteiger charge is 2.32. The van der Waals surface area contributed by atoms with Crippen LogP contribution in [0.3, 0.4) is 0 Å². The third-order valence-corrected chi connectivity index (χ3v) is 5.70. The summed E-state index contributed by atoms with van der Waals surface area (Å²) in [6, 6.07) is 5.92. The number of hydrogen-bond donors (Lipinski definition) is 1. The summed E-state index contributed by atoms with van der Waals surface area (Å²) in [5, 5.41) is 1.76. The van der Waals surface area contributed by atoms with Crippen LogP contribution >= 0.6 is 0 Å². The van der Waals surface area contributed by atoms with Gasteiger partial charge in [-0.25, -0.2) is 8.42 Å². The minimum Gasteiger partial charge on any atom is -0.352 e. The van der Waals surface area contributed by atoms with Crippen LogP contribution < -0.4 is 5.32 Å². The van der Waals surface area contributed by atoms with Crippen molar-refractivity contribution in [3.05, 3.63) is 34.9 Å². The molecule has 0 bridgehead atoms. The second kappa shape index (κ2) is 5.56. The molecule has 1 fully saturated rings. The predicted octanol–water partition coefficient (Wildman–Crippen LogP) is 1.89. The van der Waals surface area contributed by atoms with E-state index >= 15 is 0 Å². The maximum atomic E-state index is 12.3. The highest BCUT2D eigenvalue weighted by Crippen LogP contribution is 2.21. The van der Waals surface area contributed by atoms with Gasteiger partial charge in [0.1, 0.15) is 5.25 Å². The van der Waals surface area contributed by atoms with E-state index in [9.17, 15) is 13.2 Å². The second-order valence-corrected chi connectivity index (χ2v) is 7.98. The lowest BCUT2D eigenvalue weighted by atomic mass is 10.1. The van der Waals surface area contributed by atoms with E-state index in [2.05, 4.69) is 5.32 Å². The zero-order valence-corrected chi connectivity index (χ0v) is 13.0. The SMILES string of the molecule is Cc1ccc(C)c(CS(=O)(=O)[C@@H](C)C(=O)NC2CC2)c1. The van der Waals surface area contributed by atoms with Crippen molar-refractivity contribution >= 4 is 15.7 Å². The molecule has 1 aromatic rings. The number of rotatable bonds is 5. The molecule has 0 aromatic heterocycles. The van der Waals surface area contributed by atoms with Gasteiger partial charge in [0.2, 0.25) is 5.91 Å². The van der Waals surface area contributed by atoms with Crippen LogP contribution in [0.4, 0.5) is 0 Å². The molecule has 5 heteroatoms. The minimum absolute atomic E-state index is 0.0836. The molecule has 1 aromatic carbocycles. The number of nitrogens with one attached hydrogen (secondary N) is 1. The Balaban J connectivity index is 2.13. The van der Waals surface area contributed by atoms with Crippen molar-refractivity contribution in [1.82, 2.24) is 5.32 Å². The molecule has 0 heterocycles. The van der Waals surface area contributed by atoms with E-state index in [1.807, 2.05) is 32.0 Å². The lowest BCUT2D eigenvalue weighted by Crippen LogP contribution is -2.39. The number of carbonyl (C=O) groups is 1. The lowest BCUT2D eigenvalue weighted by Gasteiger charge is -2.14. The number of aryl methyl sites for hydroxylation is 2. The van der Waals surface area contributed by atoms with Gasteiger partial charge in [-0.1, -0.05) is 23.8 Å². The van der Waals surface area contributed by atoms with Gasteiger partial charge in [0, 0.05) is 6.04 Å². The summed E-state index contributed by atoms with van der Waals surface area (Å²) in [4.78, 5) is 11.9. The number of hydrogen-bond acceptors (Lipinski definition) is 3. The maximum Gasteiger partial charge on any atom is 0.238 e. The van der Waals surface area contributed by atoms with Crippen molar-refractivity contribution in [2.75, 3.05) is 0 Å². The van der Waals surface area contributed by atoms with Crippen molar-refractivity contribution in [2.45, 2.75) is 50.7 Å². The molecule has 1 amide bonds. The van der Waals surface area contributed by atoms with Gasteiger partial charge in [-0.15, -0.1) is 0 Å². The lowest BCUT2D eigenvalue weighted by molar-refractivity contribution is -0.120. The van der Waals surface area contributed by atoms with Crippen LogP contribution in [-0.4, -0.2) is 25.6 Å². The first kappa shape index (κ1) is 15.0. The summed E-state index contributed by atoms with van der Waals surface area (Å²) in [5.74, 6) is -0.461. The zero-order valence-electron chi connectivity index (χ0n) is 12.1. The third kappa shape index (κ3) is 3.60. The van der Waals surface area contributed by atoms with Crippen LogP contribution in [0, 0.1) is 13.8 Å². The molecule has 0 aliphatic heterocycles. The minimum atomic E-state index is -3.48. The summed E-state index contributed by atoms with van der Waals surface area (Å²) >= 11 is 0. The smallest absolute Gasteiger partial charge is 0.238 e. The molecule has 4 nitrogen and oxygen atoms in total. The molecule has 0 radical (unpaired) electrons. The van der Waals surface area contributed by atoms with Crippen molar-refractivity contribution < 1.29 is 13.2 Å². The predicted molar refractivity (Wildman–Crippen MR) is 79.2 cm³/mol. The third-order valence-electron chi connectivity index (χ3n) is 3.69. The van der Waals surface area contributed by atoms with Crippen LogP contribution in [-0.2, 0) is 20.4 Å². The Morgan fingerprint density at radius 1 is 1.35 bits per heavy atom. The van der Waals surface area contributed by atoms with E-state index < -0.39 is 15.1 Å². The van der Waals surface area contributed by atoms with Crippen LogP contribution in [0.1, 0.15) is 36.5 Å². The van der Waals surface area contributed by atoms with Gasteiger partial charge in [0.25, 0.3) is 0 Å². The van der Waals surface area contributed by atoms with E-state index in [4.69, 9.17) is 0 Å². The van der Waals surface area contributed by atoms with Gasteiger partial charge in [-0.05, 0) is 44.7 Å². The fraction of sp³-hybridized carbons (Fsp3) is 0.533. The fourth-order valence-corrected chi connectivity index (χ4v) is 3.40. The number of benzene rings is 1. The Bertz CT molecular complexity index is 618. The van der Waals surface area contributed by atoms with Crippen LogP contribution in [0.5, 0.6) is 0 Å². The van der Waals surface area contributed by atoms with Gasteiger partial charge in [-0.3, -0.25) is 4.79 Å². The number of sulfone groups is 1. The Kier molecular flexibility index (Phi) is 4.18. The Morgan fingerprint density at radius 2 is 2.00 bits per heavy atom. The topological polar surface area (TPSA) is 63.2 Å². The highest BCUT2D eigenvalue weighted by atomic mass is 32.2. The quantitative estimate of drug-likeness (QED) is 0.902. The summed E-state index contributed by atoms with van der Waals surface area (Å²) in [5.41, 5.74) is 2.74. The molecule has 20 heavy (non-hydrogen) atoms. The zero-order chi connectivity index (χ0) is 14.9. The normalized spacial score (nSPS) is 16.8. The molecule has 1 saturated carbocycles. The Morgan fingerprint density at radius 3 is 2.60 bits per heavy atom. The molecule has 110 valence electrons. The van der Waals surface area contributed by atoms with Crippen molar-refractivity contribution in [1.29, 1.82) is 0 Å². The molecule has 0 spiro atoms. The van der Waals surface area contributed by atoms with E-state index in [1.54, 1.807) is 0 Å². The fourth-order valence-electron chi connectivity index (χ4n) is 2.01. The summed E-state index contributed by atoms with van der Waals surface area (Å²) in [7, 11) is -3.48. The summed E-state index contributed by atoms with van der Waals surface area (Å²) in [6.45, 7) is 5.29.